The summed E-state index contributed by atoms with van der Waals surface area (Å²) in [6, 6.07) is 7.67. The molecule has 2 atom stereocenters. The first kappa shape index (κ1) is 14.7. The summed E-state index contributed by atoms with van der Waals surface area (Å²) in [6.45, 7) is 1.22. The number of halogens is 1. The van der Waals surface area contributed by atoms with E-state index in [2.05, 4.69) is 27.5 Å². The number of likely N-dealkylation sites (N-methyl/N-ethyl adjacent to an activating group) is 1. The Hall–Kier alpha value is -0.660. The topological polar surface area (TPSA) is 43.8 Å². The fourth-order valence-corrected chi connectivity index (χ4v) is 3.07. The van der Waals surface area contributed by atoms with Gasteiger partial charge in [0.2, 0.25) is 0 Å². The predicted octanol–water partition coefficient (Wildman–Crippen LogP) is 1.43. The Balaban J connectivity index is 2.17. The maximum atomic E-state index is 12.5. The maximum absolute atomic E-state index is 12.5. The summed E-state index contributed by atoms with van der Waals surface area (Å²) in [7, 11) is 3.97. The second kappa shape index (κ2) is 6.19. The Kier molecular flexibility index (Phi) is 4.81. The lowest BCUT2D eigenvalue weighted by Crippen LogP contribution is -2.41. The third-order valence-corrected chi connectivity index (χ3v) is 3.97. The second-order valence-electron chi connectivity index (χ2n) is 5.27. The molecule has 2 rings (SSSR count). The van der Waals surface area contributed by atoms with Crippen molar-refractivity contribution in [3.05, 3.63) is 33.4 Å². The van der Waals surface area contributed by atoms with Crippen molar-refractivity contribution in [3.8, 4) is 0 Å². The lowest BCUT2D eigenvalue weighted by Gasteiger charge is -2.27. The summed E-state index contributed by atoms with van der Waals surface area (Å²) in [4.78, 5) is 16.4. The van der Waals surface area contributed by atoms with Crippen molar-refractivity contribution < 1.29 is 9.90 Å². The van der Waals surface area contributed by atoms with E-state index in [1.54, 1.807) is 4.90 Å². The Morgan fingerprint density at radius 3 is 2.89 bits per heavy atom. The van der Waals surface area contributed by atoms with Crippen LogP contribution >= 0.6 is 22.6 Å². The number of hydrogen-bond acceptors (Lipinski definition) is 3. The van der Waals surface area contributed by atoms with Gasteiger partial charge in [0.1, 0.15) is 0 Å². The monoisotopic (exact) mass is 374 g/mol. The molecule has 0 bridgehead atoms. The molecular formula is C14H19IN2O2. The van der Waals surface area contributed by atoms with Gasteiger partial charge < -0.3 is 14.9 Å². The van der Waals surface area contributed by atoms with Gasteiger partial charge >= 0.3 is 0 Å². The first-order valence-electron chi connectivity index (χ1n) is 6.36. The number of hydrogen-bond donors (Lipinski definition) is 1. The maximum Gasteiger partial charge on any atom is 0.254 e. The summed E-state index contributed by atoms with van der Waals surface area (Å²) in [6.07, 6.45) is 0.255. The molecule has 104 valence electrons. The SMILES string of the molecule is CN(C)CC1CC(O)CN1C(=O)c1cccc(I)c1. The number of rotatable bonds is 3. The predicted molar refractivity (Wildman–Crippen MR) is 83.2 cm³/mol. The molecule has 1 aliphatic heterocycles. The highest BCUT2D eigenvalue weighted by Crippen LogP contribution is 2.21. The number of benzene rings is 1. The van der Waals surface area contributed by atoms with E-state index in [-0.39, 0.29) is 11.9 Å². The van der Waals surface area contributed by atoms with E-state index in [9.17, 15) is 9.90 Å². The number of carbonyl (C=O) groups is 1. The molecule has 19 heavy (non-hydrogen) atoms. The van der Waals surface area contributed by atoms with E-state index < -0.39 is 6.10 Å². The highest BCUT2D eigenvalue weighted by Gasteiger charge is 2.34. The van der Waals surface area contributed by atoms with Crippen molar-refractivity contribution in [3.63, 3.8) is 0 Å². The molecule has 1 saturated heterocycles. The van der Waals surface area contributed by atoms with Crippen LogP contribution in [0.2, 0.25) is 0 Å². The molecule has 1 amide bonds. The van der Waals surface area contributed by atoms with Gasteiger partial charge in [-0.2, -0.15) is 0 Å². The van der Waals surface area contributed by atoms with Crippen LogP contribution in [-0.2, 0) is 0 Å². The van der Waals surface area contributed by atoms with E-state index in [1.165, 1.54) is 0 Å². The van der Waals surface area contributed by atoms with E-state index in [1.807, 2.05) is 38.4 Å². The number of carbonyl (C=O) groups excluding carboxylic acids is 1. The van der Waals surface area contributed by atoms with Crippen LogP contribution in [0, 0.1) is 3.57 Å². The molecule has 1 fully saturated rings. The van der Waals surface area contributed by atoms with E-state index in [4.69, 9.17) is 0 Å². The first-order chi connectivity index (χ1) is 8.97. The highest BCUT2D eigenvalue weighted by molar-refractivity contribution is 14.1. The van der Waals surface area contributed by atoms with Crippen LogP contribution in [0.1, 0.15) is 16.8 Å². The van der Waals surface area contributed by atoms with Gasteiger partial charge in [-0.05, 0) is 61.3 Å². The third-order valence-electron chi connectivity index (χ3n) is 3.30. The minimum absolute atomic E-state index is 0.0157. The van der Waals surface area contributed by atoms with Gasteiger partial charge in [-0.25, -0.2) is 0 Å². The summed E-state index contributed by atoms with van der Waals surface area (Å²) in [5.74, 6) is 0.0157. The molecule has 1 aliphatic rings. The smallest absolute Gasteiger partial charge is 0.254 e. The van der Waals surface area contributed by atoms with Gasteiger partial charge in [0, 0.05) is 28.3 Å². The number of aliphatic hydroxyl groups excluding tert-OH is 1. The number of nitrogens with zero attached hydrogens (tertiary/aromatic N) is 2. The fraction of sp³-hybridized carbons (Fsp3) is 0.500. The molecule has 5 heteroatoms. The van der Waals surface area contributed by atoms with Gasteiger partial charge in [0.05, 0.1) is 6.10 Å². The molecule has 0 radical (unpaired) electrons. The quantitative estimate of drug-likeness (QED) is 0.815. The van der Waals surface area contributed by atoms with Crippen LogP contribution in [0.5, 0.6) is 0 Å². The van der Waals surface area contributed by atoms with E-state index in [0.717, 1.165) is 10.1 Å². The van der Waals surface area contributed by atoms with Gasteiger partial charge in [-0.1, -0.05) is 6.07 Å². The second-order valence-corrected chi connectivity index (χ2v) is 6.52. The lowest BCUT2D eigenvalue weighted by atomic mass is 10.1. The molecule has 0 aliphatic carbocycles. The van der Waals surface area contributed by atoms with Crippen molar-refractivity contribution in [1.29, 1.82) is 0 Å². The zero-order chi connectivity index (χ0) is 14.0. The Morgan fingerprint density at radius 2 is 2.26 bits per heavy atom. The van der Waals surface area contributed by atoms with Crippen molar-refractivity contribution in [2.75, 3.05) is 27.2 Å². The largest absolute Gasteiger partial charge is 0.391 e. The zero-order valence-corrected chi connectivity index (χ0v) is 13.4. The molecule has 1 aromatic rings. The molecule has 1 heterocycles. The summed E-state index contributed by atoms with van der Waals surface area (Å²) in [5.41, 5.74) is 0.699. The van der Waals surface area contributed by atoms with Crippen molar-refractivity contribution >= 4 is 28.5 Å². The average molecular weight is 374 g/mol. The standard InChI is InChI=1S/C14H19IN2O2/c1-16(2)8-12-7-13(18)9-17(12)14(19)10-4-3-5-11(15)6-10/h3-6,12-13,18H,7-9H2,1-2H3. The molecular weight excluding hydrogens is 355 g/mol. The number of β-amino-alcohol motifs (C(OH)–C–C–N with tert-alkyl or cyclic N) is 1. The third kappa shape index (κ3) is 3.67. The van der Waals surface area contributed by atoms with Crippen LogP contribution in [0.25, 0.3) is 0 Å². The Bertz CT molecular complexity index is 465. The summed E-state index contributed by atoms with van der Waals surface area (Å²) < 4.78 is 1.05. The van der Waals surface area contributed by atoms with Crippen molar-refractivity contribution in [2.24, 2.45) is 0 Å². The van der Waals surface area contributed by atoms with Gasteiger partial charge in [-0.3, -0.25) is 4.79 Å². The van der Waals surface area contributed by atoms with Crippen LogP contribution in [-0.4, -0.2) is 60.1 Å². The minimum atomic E-state index is -0.406. The normalized spacial score (nSPS) is 23.1. The molecule has 1 aromatic carbocycles. The van der Waals surface area contributed by atoms with Crippen LogP contribution in [0.15, 0.2) is 24.3 Å². The van der Waals surface area contributed by atoms with Crippen LogP contribution < -0.4 is 0 Å². The first-order valence-corrected chi connectivity index (χ1v) is 7.44. The molecule has 0 spiro atoms. The fourth-order valence-electron chi connectivity index (χ4n) is 2.52. The number of amides is 1. The Labute approximate surface area is 127 Å². The molecule has 0 saturated carbocycles. The minimum Gasteiger partial charge on any atom is -0.391 e. The lowest BCUT2D eigenvalue weighted by molar-refractivity contribution is 0.0699. The van der Waals surface area contributed by atoms with Gasteiger partial charge in [-0.15, -0.1) is 0 Å². The average Bonchev–Trinajstić information content (AvgIpc) is 2.68. The highest BCUT2D eigenvalue weighted by atomic mass is 127. The Morgan fingerprint density at radius 1 is 1.53 bits per heavy atom. The number of aliphatic hydroxyl groups is 1. The zero-order valence-electron chi connectivity index (χ0n) is 11.2. The van der Waals surface area contributed by atoms with Gasteiger partial charge in [0.15, 0.2) is 0 Å². The van der Waals surface area contributed by atoms with Crippen LogP contribution in [0.4, 0.5) is 0 Å². The molecule has 0 aromatic heterocycles. The van der Waals surface area contributed by atoms with E-state index >= 15 is 0 Å². The molecule has 1 N–H and O–H groups in total. The summed E-state index contributed by atoms with van der Waals surface area (Å²) >= 11 is 2.20. The van der Waals surface area contributed by atoms with Crippen LogP contribution in [0.3, 0.4) is 0 Å². The van der Waals surface area contributed by atoms with Gasteiger partial charge in [0.25, 0.3) is 5.91 Å². The van der Waals surface area contributed by atoms with Crippen molar-refractivity contribution in [2.45, 2.75) is 18.6 Å². The summed E-state index contributed by atoms with van der Waals surface area (Å²) in [5, 5.41) is 9.82. The van der Waals surface area contributed by atoms with Crippen molar-refractivity contribution in [1.82, 2.24) is 9.80 Å². The molecule has 2 unspecified atom stereocenters. The van der Waals surface area contributed by atoms with E-state index in [0.29, 0.717) is 18.5 Å². The molecule has 4 nitrogen and oxygen atoms in total. The number of likely N-dealkylation sites (tertiary alicyclic amines) is 1.